The summed E-state index contributed by atoms with van der Waals surface area (Å²) in [5.41, 5.74) is 11.5. The summed E-state index contributed by atoms with van der Waals surface area (Å²) in [5.74, 6) is -0.381. The first-order chi connectivity index (χ1) is 12.2. The molecule has 134 valence electrons. The molecule has 0 fully saturated rings. The van der Waals surface area contributed by atoms with Gasteiger partial charge in [-0.1, -0.05) is 6.07 Å². The third-order valence-electron chi connectivity index (χ3n) is 3.84. The molecule has 1 aromatic carbocycles. The predicted molar refractivity (Wildman–Crippen MR) is 89.9 cm³/mol. The lowest BCUT2D eigenvalue weighted by Gasteiger charge is -2.11. The van der Waals surface area contributed by atoms with Crippen LogP contribution in [0.25, 0.3) is 22.8 Å². The van der Waals surface area contributed by atoms with Crippen molar-refractivity contribution in [3.63, 3.8) is 0 Å². The Balaban J connectivity index is 2.21. The number of hydrogen-bond donors (Lipinski definition) is 3. The molecule has 6 nitrogen and oxygen atoms in total. The van der Waals surface area contributed by atoms with Gasteiger partial charge >= 0.3 is 6.18 Å². The Morgan fingerprint density at radius 3 is 2.54 bits per heavy atom. The van der Waals surface area contributed by atoms with Crippen LogP contribution in [0.15, 0.2) is 36.5 Å². The van der Waals surface area contributed by atoms with E-state index in [-0.39, 0.29) is 28.5 Å². The van der Waals surface area contributed by atoms with E-state index in [0.717, 1.165) is 12.1 Å². The number of nitrogens with one attached hydrogen (secondary N) is 1. The summed E-state index contributed by atoms with van der Waals surface area (Å²) in [4.78, 5) is 22.8. The molecule has 0 bridgehead atoms. The number of halogens is 3. The lowest BCUT2D eigenvalue weighted by molar-refractivity contribution is -0.137. The number of nitrogen functional groups attached to an aromatic ring is 1. The zero-order valence-electron chi connectivity index (χ0n) is 13.6. The first-order valence-corrected chi connectivity index (χ1v) is 7.46. The second kappa shape index (κ2) is 6.17. The number of carbonyl (C=O) groups is 1. The standard InChI is InChI=1S/C17H14F3N5O/c1-8-2-3-9(17(18,19)20)6-10(8)14-11(15(22)26)7-12(24-14)16-23-5-4-13(21)25-16/h2-7,24H,1H3,(H2,22,26)(H2,21,23,25). The van der Waals surface area contributed by atoms with Gasteiger partial charge < -0.3 is 16.5 Å². The normalized spacial score (nSPS) is 11.5. The van der Waals surface area contributed by atoms with E-state index in [1.165, 1.54) is 24.4 Å². The van der Waals surface area contributed by atoms with Crippen LogP contribution in [0.2, 0.25) is 0 Å². The van der Waals surface area contributed by atoms with Gasteiger partial charge in [0.15, 0.2) is 5.82 Å². The molecule has 0 unspecified atom stereocenters. The van der Waals surface area contributed by atoms with Gasteiger partial charge in [-0.15, -0.1) is 0 Å². The van der Waals surface area contributed by atoms with Crippen LogP contribution >= 0.6 is 0 Å². The Hall–Kier alpha value is -3.36. The number of alkyl halides is 3. The molecule has 0 saturated heterocycles. The molecule has 2 aromatic heterocycles. The van der Waals surface area contributed by atoms with Crippen molar-refractivity contribution < 1.29 is 18.0 Å². The number of primary amides is 1. The van der Waals surface area contributed by atoms with Gasteiger partial charge in [-0.25, -0.2) is 9.97 Å². The SMILES string of the molecule is Cc1ccc(C(F)(F)F)cc1-c1[nH]c(-c2nccc(N)n2)cc1C(N)=O. The maximum absolute atomic E-state index is 13.1. The molecular weight excluding hydrogens is 347 g/mol. The summed E-state index contributed by atoms with van der Waals surface area (Å²) in [7, 11) is 0. The molecule has 0 aliphatic heterocycles. The van der Waals surface area contributed by atoms with Crippen LogP contribution < -0.4 is 11.5 Å². The van der Waals surface area contributed by atoms with Crippen LogP contribution in [0.1, 0.15) is 21.5 Å². The van der Waals surface area contributed by atoms with Crippen LogP contribution in [-0.4, -0.2) is 20.9 Å². The zero-order valence-corrected chi connectivity index (χ0v) is 13.6. The summed E-state index contributed by atoms with van der Waals surface area (Å²) < 4.78 is 39.2. The molecule has 26 heavy (non-hydrogen) atoms. The van der Waals surface area contributed by atoms with E-state index in [1.54, 1.807) is 6.92 Å². The average Bonchev–Trinajstić information content (AvgIpc) is 2.99. The molecule has 0 spiro atoms. The predicted octanol–water partition coefficient (Wildman–Crippen LogP) is 3.15. The van der Waals surface area contributed by atoms with Crippen molar-refractivity contribution in [2.75, 3.05) is 5.73 Å². The number of carbonyl (C=O) groups excluding carboxylic acids is 1. The van der Waals surface area contributed by atoms with Crippen LogP contribution in [0, 0.1) is 6.92 Å². The third kappa shape index (κ3) is 3.23. The third-order valence-corrected chi connectivity index (χ3v) is 3.84. The van der Waals surface area contributed by atoms with Crippen LogP contribution in [0.4, 0.5) is 19.0 Å². The molecule has 0 aliphatic carbocycles. The quantitative estimate of drug-likeness (QED) is 0.665. The van der Waals surface area contributed by atoms with Gasteiger partial charge in [0.05, 0.1) is 22.5 Å². The number of anilines is 1. The van der Waals surface area contributed by atoms with Crippen molar-refractivity contribution in [3.8, 4) is 22.8 Å². The fourth-order valence-corrected chi connectivity index (χ4v) is 2.55. The second-order valence-electron chi connectivity index (χ2n) is 5.67. The maximum atomic E-state index is 13.1. The lowest BCUT2D eigenvalue weighted by Crippen LogP contribution is -2.11. The van der Waals surface area contributed by atoms with Crippen LogP contribution in [0.5, 0.6) is 0 Å². The van der Waals surface area contributed by atoms with Crippen molar-refractivity contribution in [1.29, 1.82) is 0 Å². The molecular formula is C17H14F3N5O. The minimum absolute atomic E-state index is 0.0356. The molecule has 1 amide bonds. The first-order valence-electron chi connectivity index (χ1n) is 7.46. The smallest absolute Gasteiger partial charge is 0.384 e. The first kappa shape index (κ1) is 17.5. The largest absolute Gasteiger partial charge is 0.416 e. The molecule has 5 N–H and O–H groups in total. The minimum atomic E-state index is -4.51. The number of amides is 1. The summed E-state index contributed by atoms with van der Waals surface area (Å²) in [6.07, 6.45) is -3.08. The molecule has 0 saturated carbocycles. The number of aryl methyl sites for hydroxylation is 1. The van der Waals surface area contributed by atoms with Gasteiger partial charge in [-0.2, -0.15) is 13.2 Å². The Morgan fingerprint density at radius 1 is 1.19 bits per heavy atom. The highest BCUT2D eigenvalue weighted by atomic mass is 19.4. The van der Waals surface area contributed by atoms with Gasteiger partial charge in [0.2, 0.25) is 0 Å². The lowest BCUT2D eigenvalue weighted by atomic mass is 9.99. The topological polar surface area (TPSA) is 111 Å². The van der Waals surface area contributed by atoms with E-state index in [9.17, 15) is 18.0 Å². The molecule has 2 heterocycles. The fraction of sp³-hybridized carbons (Fsp3) is 0.118. The molecule has 3 aromatic rings. The van der Waals surface area contributed by atoms with Crippen molar-refractivity contribution in [1.82, 2.24) is 15.0 Å². The van der Waals surface area contributed by atoms with E-state index in [2.05, 4.69) is 15.0 Å². The van der Waals surface area contributed by atoms with E-state index in [0.29, 0.717) is 11.3 Å². The number of aromatic nitrogens is 3. The van der Waals surface area contributed by atoms with Gasteiger partial charge in [-0.3, -0.25) is 4.79 Å². The van der Waals surface area contributed by atoms with Crippen molar-refractivity contribution in [3.05, 3.63) is 53.2 Å². The number of aromatic amines is 1. The van der Waals surface area contributed by atoms with E-state index in [4.69, 9.17) is 11.5 Å². The number of benzene rings is 1. The van der Waals surface area contributed by atoms with E-state index in [1.807, 2.05) is 0 Å². The number of nitrogens with two attached hydrogens (primary N) is 2. The fourth-order valence-electron chi connectivity index (χ4n) is 2.55. The number of hydrogen-bond acceptors (Lipinski definition) is 4. The van der Waals surface area contributed by atoms with Crippen molar-refractivity contribution in [2.45, 2.75) is 13.1 Å². The summed E-state index contributed by atoms with van der Waals surface area (Å²) >= 11 is 0. The maximum Gasteiger partial charge on any atom is 0.416 e. The monoisotopic (exact) mass is 361 g/mol. The van der Waals surface area contributed by atoms with Gasteiger partial charge in [0.25, 0.3) is 5.91 Å². The Bertz CT molecular complexity index is 994. The molecule has 9 heteroatoms. The average molecular weight is 361 g/mol. The number of nitrogens with zero attached hydrogens (tertiary/aromatic N) is 2. The summed E-state index contributed by atoms with van der Waals surface area (Å²) in [6.45, 7) is 1.64. The van der Waals surface area contributed by atoms with E-state index < -0.39 is 17.6 Å². The zero-order chi connectivity index (χ0) is 19.1. The highest BCUT2D eigenvalue weighted by molar-refractivity contribution is 6.01. The number of rotatable bonds is 3. The Morgan fingerprint density at radius 2 is 1.92 bits per heavy atom. The Labute approximate surface area is 146 Å². The van der Waals surface area contributed by atoms with Crippen molar-refractivity contribution >= 4 is 11.7 Å². The summed E-state index contributed by atoms with van der Waals surface area (Å²) in [6, 6.07) is 6.16. The number of H-pyrrole nitrogens is 1. The Kier molecular flexibility index (Phi) is 4.15. The van der Waals surface area contributed by atoms with Gasteiger partial charge in [-0.05, 0) is 36.8 Å². The minimum Gasteiger partial charge on any atom is -0.384 e. The van der Waals surface area contributed by atoms with Crippen molar-refractivity contribution in [2.24, 2.45) is 5.73 Å². The molecule has 0 radical (unpaired) electrons. The van der Waals surface area contributed by atoms with Crippen LogP contribution in [0.3, 0.4) is 0 Å². The highest BCUT2D eigenvalue weighted by Crippen LogP contribution is 2.35. The van der Waals surface area contributed by atoms with Gasteiger partial charge in [0.1, 0.15) is 5.82 Å². The highest BCUT2D eigenvalue weighted by Gasteiger charge is 2.31. The molecule has 0 atom stereocenters. The van der Waals surface area contributed by atoms with Gasteiger partial charge in [0, 0.05) is 11.8 Å². The summed E-state index contributed by atoms with van der Waals surface area (Å²) in [5, 5.41) is 0. The van der Waals surface area contributed by atoms with Crippen LogP contribution in [-0.2, 0) is 6.18 Å². The molecule has 0 aliphatic rings. The molecule has 3 rings (SSSR count). The second-order valence-corrected chi connectivity index (χ2v) is 5.67. The van der Waals surface area contributed by atoms with E-state index >= 15 is 0 Å².